The molecule has 2 unspecified atom stereocenters. The number of piperidine rings is 1. The Labute approximate surface area is 185 Å². The number of hydrogen-bond acceptors (Lipinski definition) is 6. The van der Waals surface area contributed by atoms with Gasteiger partial charge in [0.05, 0.1) is 17.5 Å². The number of hydrogen-bond donors (Lipinski definition) is 3. The van der Waals surface area contributed by atoms with Gasteiger partial charge in [0.15, 0.2) is 0 Å². The monoisotopic (exact) mass is 435 g/mol. The molecule has 0 spiro atoms. The van der Waals surface area contributed by atoms with Crippen LogP contribution in [-0.2, 0) is 9.59 Å². The molecular weight excluding hydrogens is 410 g/mol. The zero-order valence-corrected chi connectivity index (χ0v) is 17.6. The maximum atomic E-state index is 13.0. The minimum absolute atomic E-state index is 0.169. The Bertz CT molecular complexity index is 1070. The zero-order chi connectivity index (χ0) is 22.1. The molecule has 166 valence electrons. The van der Waals surface area contributed by atoms with Gasteiger partial charge in [-0.2, -0.15) is 4.98 Å². The second-order valence-corrected chi connectivity index (χ2v) is 8.34. The number of aromatic nitrogens is 3. The molecule has 10 heteroatoms. The van der Waals surface area contributed by atoms with Crippen LogP contribution in [0.5, 0.6) is 0 Å². The summed E-state index contributed by atoms with van der Waals surface area (Å²) in [7, 11) is 0. The molecule has 3 aliphatic rings. The molecule has 3 amide bonds. The Morgan fingerprint density at radius 1 is 1.06 bits per heavy atom. The zero-order valence-electron chi connectivity index (χ0n) is 17.6. The lowest BCUT2D eigenvalue weighted by Crippen LogP contribution is -2.59. The van der Waals surface area contributed by atoms with E-state index in [-0.39, 0.29) is 35.5 Å². The molecule has 2 atom stereocenters. The number of rotatable bonds is 4. The fourth-order valence-electron chi connectivity index (χ4n) is 4.49. The summed E-state index contributed by atoms with van der Waals surface area (Å²) in [5.74, 6) is -0.614. The molecular formula is C22H25N7O3. The molecule has 0 radical (unpaired) electrons. The van der Waals surface area contributed by atoms with E-state index < -0.39 is 0 Å². The van der Waals surface area contributed by atoms with Gasteiger partial charge in [-0.3, -0.25) is 25.1 Å². The third kappa shape index (κ3) is 3.83. The lowest BCUT2D eigenvalue weighted by Gasteiger charge is -2.38. The lowest BCUT2D eigenvalue weighted by molar-refractivity contribution is -0.139. The summed E-state index contributed by atoms with van der Waals surface area (Å²) in [6.07, 6.45) is 8.40. The molecule has 5 rings (SSSR count). The number of carbonyl (C=O) groups excluding carboxylic acids is 3. The predicted molar refractivity (Wildman–Crippen MR) is 118 cm³/mol. The summed E-state index contributed by atoms with van der Waals surface area (Å²) >= 11 is 0. The van der Waals surface area contributed by atoms with Crippen LogP contribution in [0.2, 0.25) is 0 Å². The molecule has 2 aliphatic heterocycles. The molecule has 32 heavy (non-hydrogen) atoms. The van der Waals surface area contributed by atoms with Gasteiger partial charge in [-0.1, -0.05) is 18.2 Å². The molecule has 0 saturated carbocycles. The lowest BCUT2D eigenvalue weighted by atomic mass is 9.80. The minimum atomic E-state index is -0.387. The van der Waals surface area contributed by atoms with Crippen molar-refractivity contribution in [1.29, 1.82) is 0 Å². The van der Waals surface area contributed by atoms with Gasteiger partial charge in [-0.05, 0) is 50.3 Å². The van der Waals surface area contributed by atoms with Crippen LogP contribution in [0.15, 0.2) is 36.4 Å². The van der Waals surface area contributed by atoms with E-state index in [0.29, 0.717) is 30.0 Å². The van der Waals surface area contributed by atoms with Crippen molar-refractivity contribution in [3.05, 3.63) is 42.0 Å². The van der Waals surface area contributed by atoms with E-state index in [9.17, 15) is 14.4 Å². The standard InChI is InChI=1S/C22H25N7O3/c30-18(23-21-24-22(26-25-21)28-11-4-1-5-12-28)14-7-6-8-15(13-14)29-20(32)17-10-3-2-9-16(17)19(31)27-29/h2-3,6-8,13,16-17H,1,4-5,9-12H2,(H,27,31)(H2,23,24,25,26,30). The van der Waals surface area contributed by atoms with E-state index in [1.807, 2.05) is 12.2 Å². The molecule has 1 aliphatic carbocycles. The largest absolute Gasteiger partial charge is 0.340 e. The van der Waals surface area contributed by atoms with Crippen LogP contribution in [0.1, 0.15) is 42.5 Å². The van der Waals surface area contributed by atoms with E-state index in [1.54, 1.807) is 24.3 Å². The van der Waals surface area contributed by atoms with Crippen LogP contribution in [-0.4, -0.2) is 46.0 Å². The van der Waals surface area contributed by atoms with E-state index in [1.165, 1.54) is 11.4 Å². The van der Waals surface area contributed by atoms with E-state index in [2.05, 4.69) is 30.8 Å². The molecule has 3 heterocycles. The van der Waals surface area contributed by atoms with Gasteiger partial charge in [0, 0.05) is 18.7 Å². The molecule has 10 nitrogen and oxygen atoms in total. The topological polar surface area (TPSA) is 123 Å². The van der Waals surface area contributed by atoms with E-state index in [0.717, 1.165) is 25.9 Å². The number of hydrazine groups is 1. The van der Waals surface area contributed by atoms with Gasteiger partial charge in [-0.25, -0.2) is 10.1 Å². The van der Waals surface area contributed by atoms with Crippen molar-refractivity contribution in [3.63, 3.8) is 0 Å². The van der Waals surface area contributed by atoms with Crippen LogP contribution in [0.4, 0.5) is 17.6 Å². The summed E-state index contributed by atoms with van der Waals surface area (Å²) in [5, 5.41) is 10.9. The average Bonchev–Trinajstić information content (AvgIpc) is 3.30. The number of fused-ring (bicyclic) bond motifs is 1. The molecule has 0 bridgehead atoms. The fraction of sp³-hybridized carbons (Fsp3) is 0.409. The Morgan fingerprint density at radius 2 is 1.84 bits per heavy atom. The molecule has 1 aromatic carbocycles. The number of carbonyl (C=O) groups is 3. The third-order valence-electron chi connectivity index (χ3n) is 6.24. The van der Waals surface area contributed by atoms with Crippen LogP contribution in [0.25, 0.3) is 0 Å². The Hall–Kier alpha value is -3.69. The molecule has 1 aromatic heterocycles. The number of allylic oxidation sites excluding steroid dienone is 2. The quantitative estimate of drug-likeness (QED) is 0.632. The Balaban J connectivity index is 1.30. The normalized spacial score (nSPS) is 23.0. The van der Waals surface area contributed by atoms with Crippen LogP contribution in [0.3, 0.4) is 0 Å². The highest BCUT2D eigenvalue weighted by atomic mass is 16.2. The Morgan fingerprint density at radius 3 is 2.66 bits per heavy atom. The van der Waals surface area contributed by atoms with E-state index in [4.69, 9.17) is 0 Å². The van der Waals surface area contributed by atoms with Crippen LogP contribution >= 0.6 is 0 Å². The van der Waals surface area contributed by atoms with Crippen molar-refractivity contribution in [3.8, 4) is 0 Å². The highest BCUT2D eigenvalue weighted by molar-refractivity contribution is 6.07. The van der Waals surface area contributed by atoms with Crippen molar-refractivity contribution in [2.24, 2.45) is 11.8 Å². The molecule has 2 aromatic rings. The summed E-state index contributed by atoms with van der Waals surface area (Å²) in [4.78, 5) is 44.8. The van der Waals surface area contributed by atoms with Crippen LogP contribution in [0, 0.1) is 11.8 Å². The third-order valence-corrected chi connectivity index (χ3v) is 6.24. The second kappa shape index (κ2) is 8.45. The van der Waals surface area contributed by atoms with Crippen molar-refractivity contribution in [2.75, 3.05) is 28.3 Å². The van der Waals surface area contributed by atoms with Gasteiger partial charge < -0.3 is 4.90 Å². The summed E-state index contributed by atoms with van der Waals surface area (Å²) in [6.45, 7) is 1.81. The summed E-state index contributed by atoms with van der Waals surface area (Å²) < 4.78 is 0. The first kappa shape index (κ1) is 20.2. The number of aromatic amines is 1. The smallest absolute Gasteiger partial charge is 0.258 e. The number of nitrogens with zero attached hydrogens (tertiary/aromatic N) is 4. The Kier molecular flexibility index (Phi) is 5.34. The number of H-pyrrole nitrogens is 1. The predicted octanol–water partition coefficient (Wildman–Crippen LogP) is 2.01. The second-order valence-electron chi connectivity index (χ2n) is 8.34. The first-order valence-corrected chi connectivity index (χ1v) is 11.0. The maximum Gasteiger partial charge on any atom is 0.258 e. The highest BCUT2D eigenvalue weighted by Crippen LogP contribution is 2.32. The van der Waals surface area contributed by atoms with Crippen LogP contribution < -0.4 is 20.7 Å². The maximum absolute atomic E-state index is 13.0. The molecule has 2 saturated heterocycles. The number of nitrogens with one attached hydrogen (secondary N) is 3. The average molecular weight is 435 g/mol. The van der Waals surface area contributed by atoms with E-state index >= 15 is 0 Å². The van der Waals surface area contributed by atoms with Crippen molar-refractivity contribution >= 4 is 35.3 Å². The summed E-state index contributed by atoms with van der Waals surface area (Å²) in [6, 6.07) is 6.59. The van der Waals surface area contributed by atoms with Crippen molar-refractivity contribution < 1.29 is 14.4 Å². The fourth-order valence-corrected chi connectivity index (χ4v) is 4.49. The van der Waals surface area contributed by atoms with Gasteiger partial charge in [0.1, 0.15) is 0 Å². The van der Waals surface area contributed by atoms with Gasteiger partial charge in [0.2, 0.25) is 23.7 Å². The first-order chi connectivity index (χ1) is 15.6. The van der Waals surface area contributed by atoms with Gasteiger partial charge in [0.25, 0.3) is 5.91 Å². The number of benzene rings is 1. The minimum Gasteiger partial charge on any atom is -0.340 e. The number of amides is 3. The molecule has 2 fully saturated rings. The summed E-state index contributed by atoms with van der Waals surface area (Å²) in [5.41, 5.74) is 3.46. The number of anilines is 3. The first-order valence-electron chi connectivity index (χ1n) is 11.0. The SMILES string of the molecule is O=C(Nc1nc(N2CCCCC2)n[nH]1)c1cccc(N2NC(=O)C3CC=CCC3C2=O)c1. The van der Waals surface area contributed by atoms with Gasteiger partial charge in [-0.15, -0.1) is 5.10 Å². The molecule has 3 N–H and O–H groups in total. The highest BCUT2D eigenvalue weighted by Gasteiger charge is 2.42. The van der Waals surface area contributed by atoms with Gasteiger partial charge >= 0.3 is 0 Å². The van der Waals surface area contributed by atoms with Crippen molar-refractivity contribution in [1.82, 2.24) is 20.6 Å². The van der Waals surface area contributed by atoms with Crippen molar-refractivity contribution in [2.45, 2.75) is 32.1 Å².